The van der Waals surface area contributed by atoms with Gasteiger partial charge in [-0.2, -0.15) is 0 Å². The van der Waals surface area contributed by atoms with Gasteiger partial charge in [0.25, 0.3) is 0 Å². The Balaban J connectivity index is 3.15. The molecule has 0 saturated carbocycles. The highest BCUT2D eigenvalue weighted by Crippen LogP contribution is 2.28. The molecule has 0 saturated heterocycles. The minimum atomic E-state index is -0.136. The van der Waals surface area contributed by atoms with Crippen molar-refractivity contribution >= 4 is 5.69 Å². The summed E-state index contributed by atoms with van der Waals surface area (Å²) in [5, 5.41) is 9.58. The van der Waals surface area contributed by atoms with Gasteiger partial charge in [0.2, 0.25) is 0 Å². The van der Waals surface area contributed by atoms with Gasteiger partial charge < -0.3 is 16.6 Å². The molecule has 3 nitrogen and oxygen atoms in total. The first kappa shape index (κ1) is 9.86. The average Bonchev–Trinajstić information content (AvgIpc) is 2.10. The van der Waals surface area contributed by atoms with Gasteiger partial charge in [0, 0.05) is 17.3 Å². The molecule has 1 aromatic carbocycles. The summed E-state index contributed by atoms with van der Waals surface area (Å²) >= 11 is 0. The van der Waals surface area contributed by atoms with Gasteiger partial charge in [-0.15, -0.1) is 0 Å². The Morgan fingerprint density at radius 3 is 2.62 bits per heavy atom. The van der Waals surface area contributed by atoms with E-state index < -0.39 is 0 Å². The zero-order chi connectivity index (χ0) is 10.0. The molecule has 1 rings (SSSR count). The number of nitrogens with two attached hydrogens (primary N) is 2. The van der Waals surface area contributed by atoms with Crippen LogP contribution < -0.4 is 11.5 Å². The third kappa shape index (κ3) is 1.92. The Kier molecular flexibility index (Phi) is 2.78. The molecule has 0 aliphatic heterocycles. The summed E-state index contributed by atoms with van der Waals surface area (Å²) in [5.74, 6) is 0.237. The van der Waals surface area contributed by atoms with Crippen molar-refractivity contribution in [3.05, 3.63) is 23.3 Å². The summed E-state index contributed by atoms with van der Waals surface area (Å²) < 4.78 is 0. The van der Waals surface area contributed by atoms with Crippen LogP contribution in [0, 0.1) is 6.92 Å². The molecule has 5 N–H and O–H groups in total. The minimum absolute atomic E-state index is 0.136. The molecule has 13 heavy (non-hydrogen) atoms. The standard InChI is InChI=1S/C10H16N2O/c1-3-8(11)7-5-9(12)6(2)4-10(7)13/h4-5,8,13H,3,11-12H2,1-2H3. The summed E-state index contributed by atoms with van der Waals surface area (Å²) in [7, 11) is 0. The largest absolute Gasteiger partial charge is 0.508 e. The molecule has 0 bridgehead atoms. The fraction of sp³-hybridized carbons (Fsp3) is 0.400. The number of anilines is 1. The normalized spacial score (nSPS) is 12.8. The van der Waals surface area contributed by atoms with E-state index in [0.29, 0.717) is 5.69 Å². The lowest BCUT2D eigenvalue weighted by molar-refractivity contribution is 0.460. The zero-order valence-corrected chi connectivity index (χ0v) is 8.04. The first-order valence-corrected chi connectivity index (χ1v) is 4.40. The third-order valence-electron chi connectivity index (χ3n) is 2.25. The van der Waals surface area contributed by atoms with Gasteiger partial charge in [0.15, 0.2) is 0 Å². The number of benzene rings is 1. The first-order valence-electron chi connectivity index (χ1n) is 4.40. The van der Waals surface area contributed by atoms with E-state index in [1.807, 2.05) is 13.8 Å². The number of nitrogen functional groups attached to an aromatic ring is 1. The molecule has 0 spiro atoms. The van der Waals surface area contributed by atoms with E-state index in [0.717, 1.165) is 17.5 Å². The SMILES string of the molecule is CCC(N)c1cc(N)c(C)cc1O. The highest BCUT2D eigenvalue weighted by Gasteiger charge is 2.10. The number of hydrogen-bond acceptors (Lipinski definition) is 3. The maximum absolute atomic E-state index is 9.58. The molecular formula is C10H16N2O. The molecule has 0 heterocycles. The molecular weight excluding hydrogens is 164 g/mol. The molecule has 1 unspecified atom stereocenters. The Morgan fingerprint density at radius 2 is 2.08 bits per heavy atom. The summed E-state index contributed by atoms with van der Waals surface area (Å²) in [4.78, 5) is 0. The molecule has 0 aliphatic carbocycles. The maximum atomic E-state index is 9.58. The third-order valence-corrected chi connectivity index (χ3v) is 2.25. The van der Waals surface area contributed by atoms with Crippen LogP contribution in [0.4, 0.5) is 5.69 Å². The number of phenolic OH excluding ortho intramolecular Hbond substituents is 1. The van der Waals surface area contributed by atoms with Crippen molar-refractivity contribution in [1.82, 2.24) is 0 Å². The van der Waals surface area contributed by atoms with Crippen LogP contribution in [0.25, 0.3) is 0 Å². The number of rotatable bonds is 2. The predicted molar refractivity (Wildman–Crippen MR) is 54.5 cm³/mol. The van der Waals surface area contributed by atoms with Crippen LogP contribution >= 0.6 is 0 Å². The molecule has 1 atom stereocenters. The van der Waals surface area contributed by atoms with Crippen LogP contribution in [-0.2, 0) is 0 Å². The van der Waals surface area contributed by atoms with Crippen molar-refractivity contribution in [2.75, 3.05) is 5.73 Å². The smallest absolute Gasteiger partial charge is 0.120 e. The second-order valence-electron chi connectivity index (χ2n) is 3.28. The second kappa shape index (κ2) is 3.66. The van der Waals surface area contributed by atoms with Gasteiger partial charge in [-0.25, -0.2) is 0 Å². The van der Waals surface area contributed by atoms with Crippen molar-refractivity contribution < 1.29 is 5.11 Å². The van der Waals surface area contributed by atoms with Crippen LogP contribution in [-0.4, -0.2) is 5.11 Å². The van der Waals surface area contributed by atoms with Crippen molar-refractivity contribution in [2.45, 2.75) is 26.3 Å². The quantitative estimate of drug-likeness (QED) is 0.479. The molecule has 3 heteroatoms. The van der Waals surface area contributed by atoms with Gasteiger partial charge >= 0.3 is 0 Å². The number of aryl methyl sites for hydroxylation is 1. The van der Waals surface area contributed by atoms with Crippen LogP contribution in [0.15, 0.2) is 12.1 Å². The van der Waals surface area contributed by atoms with E-state index >= 15 is 0 Å². The minimum Gasteiger partial charge on any atom is -0.508 e. The van der Waals surface area contributed by atoms with Crippen LogP contribution in [0.2, 0.25) is 0 Å². The van der Waals surface area contributed by atoms with Crippen molar-refractivity contribution in [3.8, 4) is 5.75 Å². The number of phenols is 1. The molecule has 0 aliphatic rings. The Labute approximate surface area is 78.4 Å². The van der Waals surface area contributed by atoms with E-state index in [9.17, 15) is 5.11 Å². The van der Waals surface area contributed by atoms with E-state index in [2.05, 4.69) is 0 Å². The van der Waals surface area contributed by atoms with Crippen molar-refractivity contribution in [1.29, 1.82) is 0 Å². The topological polar surface area (TPSA) is 72.3 Å². The summed E-state index contributed by atoms with van der Waals surface area (Å²) in [6, 6.07) is 3.27. The second-order valence-corrected chi connectivity index (χ2v) is 3.28. The van der Waals surface area contributed by atoms with E-state index in [1.165, 1.54) is 0 Å². The van der Waals surface area contributed by atoms with Gasteiger partial charge in [-0.3, -0.25) is 0 Å². The lowest BCUT2D eigenvalue weighted by Crippen LogP contribution is -2.09. The van der Waals surface area contributed by atoms with Crippen LogP contribution in [0.3, 0.4) is 0 Å². The fourth-order valence-electron chi connectivity index (χ4n) is 1.24. The van der Waals surface area contributed by atoms with Crippen LogP contribution in [0.5, 0.6) is 5.75 Å². The van der Waals surface area contributed by atoms with Crippen LogP contribution in [0.1, 0.15) is 30.5 Å². The highest BCUT2D eigenvalue weighted by molar-refractivity contribution is 5.54. The predicted octanol–water partition coefficient (Wildman–Crippen LogP) is 1.69. The van der Waals surface area contributed by atoms with Gasteiger partial charge in [-0.05, 0) is 31.0 Å². The van der Waals surface area contributed by atoms with Gasteiger partial charge in [0.05, 0.1) is 0 Å². The number of aromatic hydroxyl groups is 1. The summed E-state index contributed by atoms with van der Waals surface area (Å²) in [6.45, 7) is 3.83. The first-order chi connectivity index (χ1) is 6.06. The lowest BCUT2D eigenvalue weighted by atomic mass is 10.0. The maximum Gasteiger partial charge on any atom is 0.120 e. The van der Waals surface area contributed by atoms with Gasteiger partial charge in [0.1, 0.15) is 5.75 Å². The van der Waals surface area contributed by atoms with Crippen molar-refractivity contribution in [2.24, 2.45) is 5.73 Å². The van der Waals surface area contributed by atoms with Gasteiger partial charge in [-0.1, -0.05) is 6.92 Å². The summed E-state index contributed by atoms with van der Waals surface area (Å²) in [6.07, 6.45) is 0.788. The molecule has 0 radical (unpaired) electrons. The van der Waals surface area contributed by atoms with E-state index in [1.54, 1.807) is 12.1 Å². The summed E-state index contributed by atoms with van der Waals surface area (Å²) in [5.41, 5.74) is 13.8. The lowest BCUT2D eigenvalue weighted by Gasteiger charge is -2.13. The Bertz CT molecular complexity index is 310. The number of hydrogen-bond donors (Lipinski definition) is 3. The van der Waals surface area contributed by atoms with Crippen molar-refractivity contribution in [3.63, 3.8) is 0 Å². The molecule has 1 aromatic rings. The average molecular weight is 180 g/mol. The van der Waals surface area contributed by atoms with E-state index in [-0.39, 0.29) is 11.8 Å². The monoisotopic (exact) mass is 180 g/mol. The molecule has 0 amide bonds. The Hall–Kier alpha value is -1.22. The highest BCUT2D eigenvalue weighted by atomic mass is 16.3. The Morgan fingerprint density at radius 1 is 1.46 bits per heavy atom. The zero-order valence-electron chi connectivity index (χ0n) is 8.04. The molecule has 0 fully saturated rings. The fourth-order valence-corrected chi connectivity index (χ4v) is 1.24. The molecule has 72 valence electrons. The van der Waals surface area contributed by atoms with E-state index in [4.69, 9.17) is 11.5 Å². The molecule has 0 aromatic heterocycles.